The number of hydrogen-bond acceptors (Lipinski definition) is 3. The molecule has 92 valence electrons. The van der Waals surface area contributed by atoms with Crippen LogP contribution in [0, 0.1) is 6.92 Å². The Labute approximate surface area is 120 Å². The average molecular weight is 322 g/mol. The van der Waals surface area contributed by atoms with Crippen molar-refractivity contribution < 1.29 is 0 Å². The first-order valence-corrected chi connectivity index (χ1v) is 6.56. The van der Waals surface area contributed by atoms with Gasteiger partial charge in [0.2, 0.25) is 0 Å². The van der Waals surface area contributed by atoms with E-state index in [1.165, 1.54) is 0 Å². The third-order valence-electron chi connectivity index (χ3n) is 2.51. The normalized spacial score (nSPS) is 10.1. The van der Waals surface area contributed by atoms with E-state index >= 15 is 0 Å². The minimum atomic E-state index is 0.334. The summed E-state index contributed by atoms with van der Waals surface area (Å²) in [5, 5.41) is 3.25. The molecule has 0 radical (unpaired) electrons. The number of anilines is 2. The van der Waals surface area contributed by atoms with Gasteiger partial charge in [-0.25, -0.2) is 4.98 Å². The maximum Gasteiger partial charge on any atom is 0.140 e. The van der Waals surface area contributed by atoms with Gasteiger partial charge in [0.25, 0.3) is 0 Å². The number of thiocarbonyl (C=S) groups is 1. The van der Waals surface area contributed by atoms with Gasteiger partial charge in [-0.1, -0.05) is 28.1 Å². The Morgan fingerprint density at radius 1 is 1.39 bits per heavy atom. The molecule has 1 aromatic heterocycles. The Morgan fingerprint density at radius 2 is 2.17 bits per heavy atom. The standard InChI is InChI=1S/C13H12BrN3S/c1-8-7-9(14)4-5-11(8)17-13-10(12(15)18)3-2-6-16-13/h2-7H,1H3,(H2,15,18)(H,16,17). The number of pyridine rings is 1. The summed E-state index contributed by atoms with van der Waals surface area (Å²) in [6.07, 6.45) is 1.71. The van der Waals surface area contributed by atoms with E-state index in [2.05, 4.69) is 26.2 Å². The summed E-state index contributed by atoms with van der Waals surface area (Å²) in [5.41, 5.74) is 8.52. The van der Waals surface area contributed by atoms with Crippen molar-refractivity contribution in [3.8, 4) is 0 Å². The van der Waals surface area contributed by atoms with Gasteiger partial charge in [0.05, 0.1) is 5.56 Å². The molecule has 5 heteroatoms. The van der Waals surface area contributed by atoms with Crippen LogP contribution >= 0.6 is 28.1 Å². The van der Waals surface area contributed by atoms with Crippen molar-refractivity contribution in [1.82, 2.24) is 4.98 Å². The zero-order valence-electron chi connectivity index (χ0n) is 9.77. The molecule has 2 rings (SSSR count). The van der Waals surface area contributed by atoms with E-state index in [4.69, 9.17) is 18.0 Å². The highest BCUT2D eigenvalue weighted by Gasteiger charge is 2.07. The van der Waals surface area contributed by atoms with Crippen LogP contribution in [0.25, 0.3) is 0 Å². The number of nitrogens with zero attached hydrogens (tertiary/aromatic N) is 1. The van der Waals surface area contributed by atoms with Crippen molar-refractivity contribution in [2.75, 3.05) is 5.32 Å². The Morgan fingerprint density at radius 3 is 2.83 bits per heavy atom. The number of benzene rings is 1. The summed E-state index contributed by atoms with van der Waals surface area (Å²) in [6.45, 7) is 2.02. The molecule has 1 heterocycles. The van der Waals surface area contributed by atoms with E-state index in [-0.39, 0.29) is 0 Å². The first kappa shape index (κ1) is 13.0. The lowest BCUT2D eigenvalue weighted by Crippen LogP contribution is -2.13. The zero-order chi connectivity index (χ0) is 13.1. The van der Waals surface area contributed by atoms with Crippen molar-refractivity contribution in [2.45, 2.75) is 6.92 Å². The van der Waals surface area contributed by atoms with Gasteiger partial charge in [-0.05, 0) is 42.8 Å². The molecule has 0 saturated heterocycles. The van der Waals surface area contributed by atoms with Crippen LogP contribution in [0.3, 0.4) is 0 Å². The third kappa shape index (κ3) is 2.86. The van der Waals surface area contributed by atoms with Gasteiger partial charge in [0, 0.05) is 16.4 Å². The highest BCUT2D eigenvalue weighted by molar-refractivity contribution is 9.10. The molecule has 0 bridgehead atoms. The number of nitrogens with one attached hydrogen (secondary N) is 1. The van der Waals surface area contributed by atoms with Gasteiger partial charge in [-0.15, -0.1) is 0 Å². The second kappa shape index (κ2) is 5.46. The number of aromatic nitrogens is 1. The van der Waals surface area contributed by atoms with Gasteiger partial charge < -0.3 is 11.1 Å². The first-order valence-electron chi connectivity index (χ1n) is 5.36. The fourth-order valence-corrected chi connectivity index (χ4v) is 2.24. The van der Waals surface area contributed by atoms with E-state index in [0.29, 0.717) is 10.8 Å². The molecule has 0 fully saturated rings. The van der Waals surface area contributed by atoms with E-state index in [1.807, 2.05) is 37.3 Å². The van der Waals surface area contributed by atoms with Crippen molar-refractivity contribution in [3.05, 3.63) is 52.1 Å². The summed E-state index contributed by atoms with van der Waals surface area (Å²) in [6, 6.07) is 9.65. The minimum Gasteiger partial charge on any atom is -0.389 e. The highest BCUT2D eigenvalue weighted by Crippen LogP contribution is 2.24. The lowest BCUT2D eigenvalue weighted by Gasteiger charge is -2.12. The van der Waals surface area contributed by atoms with Gasteiger partial charge in [0.15, 0.2) is 0 Å². The molecule has 0 spiro atoms. The lowest BCUT2D eigenvalue weighted by atomic mass is 10.2. The summed E-state index contributed by atoms with van der Waals surface area (Å²) >= 11 is 8.44. The molecule has 2 aromatic rings. The molecule has 0 aliphatic carbocycles. The maximum absolute atomic E-state index is 5.67. The molecular formula is C13H12BrN3S. The van der Waals surface area contributed by atoms with Crippen LogP contribution in [0.15, 0.2) is 41.0 Å². The predicted octanol–water partition coefficient (Wildman–Crippen LogP) is 3.53. The maximum atomic E-state index is 5.67. The molecule has 0 amide bonds. The number of nitrogens with two attached hydrogens (primary N) is 1. The van der Waals surface area contributed by atoms with Gasteiger partial charge >= 0.3 is 0 Å². The SMILES string of the molecule is Cc1cc(Br)ccc1Nc1ncccc1C(N)=S. The van der Waals surface area contributed by atoms with Crippen LogP contribution in [0.2, 0.25) is 0 Å². The number of rotatable bonds is 3. The van der Waals surface area contributed by atoms with E-state index in [1.54, 1.807) is 6.20 Å². The molecule has 0 aliphatic heterocycles. The minimum absolute atomic E-state index is 0.334. The summed E-state index contributed by atoms with van der Waals surface area (Å²) in [7, 11) is 0. The van der Waals surface area contributed by atoms with Crippen LogP contribution in [0.5, 0.6) is 0 Å². The van der Waals surface area contributed by atoms with Crippen molar-refractivity contribution >= 4 is 44.6 Å². The fraction of sp³-hybridized carbons (Fsp3) is 0.0769. The number of hydrogen-bond donors (Lipinski definition) is 2. The van der Waals surface area contributed by atoms with Crippen LogP contribution in [-0.2, 0) is 0 Å². The molecule has 3 N–H and O–H groups in total. The molecule has 18 heavy (non-hydrogen) atoms. The predicted molar refractivity (Wildman–Crippen MR) is 82.3 cm³/mol. The van der Waals surface area contributed by atoms with Gasteiger partial charge in [0.1, 0.15) is 10.8 Å². The van der Waals surface area contributed by atoms with Gasteiger partial charge in [-0.2, -0.15) is 0 Å². The van der Waals surface area contributed by atoms with Crippen LogP contribution in [0.1, 0.15) is 11.1 Å². The van der Waals surface area contributed by atoms with Crippen LogP contribution in [-0.4, -0.2) is 9.97 Å². The third-order valence-corrected chi connectivity index (χ3v) is 3.23. The number of halogens is 1. The van der Waals surface area contributed by atoms with Crippen molar-refractivity contribution in [1.29, 1.82) is 0 Å². The van der Waals surface area contributed by atoms with Crippen molar-refractivity contribution in [2.24, 2.45) is 5.73 Å². The summed E-state index contributed by atoms with van der Waals surface area (Å²) in [4.78, 5) is 4.60. The molecule has 0 unspecified atom stereocenters. The molecular weight excluding hydrogens is 310 g/mol. The van der Waals surface area contributed by atoms with Crippen LogP contribution in [0.4, 0.5) is 11.5 Å². The lowest BCUT2D eigenvalue weighted by molar-refractivity contribution is 1.28. The van der Waals surface area contributed by atoms with E-state index < -0.39 is 0 Å². The van der Waals surface area contributed by atoms with E-state index in [0.717, 1.165) is 21.3 Å². The van der Waals surface area contributed by atoms with E-state index in [9.17, 15) is 0 Å². The van der Waals surface area contributed by atoms with Gasteiger partial charge in [-0.3, -0.25) is 0 Å². The highest BCUT2D eigenvalue weighted by atomic mass is 79.9. The van der Waals surface area contributed by atoms with Crippen LogP contribution < -0.4 is 11.1 Å². The molecule has 0 aliphatic rings. The molecule has 1 aromatic carbocycles. The second-order valence-corrected chi connectivity index (χ2v) is 5.20. The quantitative estimate of drug-likeness (QED) is 0.849. The molecule has 3 nitrogen and oxygen atoms in total. The zero-order valence-corrected chi connectivity index (χ0v) is 12.2. The Balaban J connectivity index is 2.37. The smallest absolute Gasteiger partial charge is 0.140 e. The topological polar surface area (TPSA) is 50.9 Å². The van der Waals surface area contributed by atoms with Crippen molar-refractivity contribution in [3.63, 3.8) is 0 Å². The second-order valence-electron chi connectivity index (χ2n) is 3.85. The Bertz CT molecular complexity index is 599. The molecule has 0 atom stereocenters. The first-order chi connectivity index (χ1) is 8.58. The Kier molecular flexibility index (Phi) is 3.93. The summed E-state index contributed by atoms with van der Waals surface area (Å²) in [5.74, 6) is 0.676. The molecule has 0 saturated carbocycles. The summed E-state index contributed by atoms with van der Waals surface area (Å²) < 4.78 is 1.04. The fourth-order valence-electron chi connectivity index (χ4n) is 1.60. The largest absolute Gasteiger partial charge is 0.389 e. The average Bonchev–Trinajstić information content (AvgIpc) is 2.33. The number of aryl methyl sites for hydroxylation is 1. The monoisotopic (exact) mass is 321 g/mol. The Hall–Kier alpha value is -1.46.